The van der Waals surface area contributed by atoms with E-state index in [1.807, 2.05) is 42.5 Å². The summed E-state index contributed by atoms with van der Waals surface area (Å²) in [5.74, 6) is 0.744. The fourth-order valence-corrected chi connectivity index (χ4v) is 2.61. The molecule has 21 heavy (non-hydrogen) atoms. The smallest absolute Gasteiger partial charge is 0.223 e. The van der Waals surface area contributed by atoms with Crippen LogP contribution < -0.4 is 4.90 Å². The molecule has 0 saturated heterocycles. The van der Waals surface area contributed by atoms with Crippen molar-refractivity contribution in [1.29, 1.82) is 0 Å². The number of carbonyl (C=O) groups is 1. The van der Waals surface area contributed by atoms with E-state index in [0.29, 0.717) is 0 Å². The third-order valence-electron chi connectivity index (χ3n) is 3.44. The number of para-hydroxylation sites is 1. The lowest BCUT2D eigenvalue weighted by atomic mass is 10.1. The molecule has 4 nitrogen and oxygen atoms in total. The molecular weight excluding hydrogens is 330 g/mol. The van der Waals surface area contributed by atoms with Gasteiger partial charge in [0.1, 0.15) is 5.82 Å². The summed E-state index contributed by atoms with van der Waals surface area (Å²) in [6, 6.07) is 13.6. The Hall–Kier alpha value is -2.14. The number of aromatic amines is 1. The average molecular weight is 344 g/mol. The number of rotatable bonds is 2. The Bertz CT molecular complexity index is 825. The average Bonchev–Trinajstić information content (AvgIpc) is 2.89. The highest BCUT2D eigenvalue weighted by atomic mass is 79.9. The van der Waals surface area contributed by atoms with Crippen molar-refractivity contribution in [3.05, 3.63) is 46.9 Å². The van der Waals surface area contributed by atoms with Gasteiger partial charge in [-0.2, -0.15) is 0 Å². The number of anilines is 1. The van der Waals surface area contributed by atoms with Crippen molar-refractivity contribution in [3.63, 3.8) is 0 Å². The molecule has 0 atom stereocenters. The van der Waals surface area contributed by atoms with E-state index < -0.39 is 0 Å². The van der Waals surface area contributed by atoms with E-state index in [-0.39, 0.29) is 5.91 Å². The van der Waals surface area contributed by atoms with Gasteiger partial charge in [-0.05, 0) is 30.3 Å². The summed E-state index contributed by atoms with van der Waals surface area (Å²) in [5.41, 5.74) is 3.60. The lowest BCUT2D eigenvalue weighted by molar-refractivity contribution is -0.116. The lowest BCUT2D eigenvalue weighted by Crippen LogP contribution is -2.23. The molecule has 1 N–H and O–H groups in total. The zero-order valence-electron chi connectivity index (χ0n) is 11.7. The van der Waals surface area contributed by atoms with Crippen molar-refractivity contribution in [3.8, 4) is 11.4 Å². The first-order valence-corrected chi connectivity index (χ1v) is 7.34. The van der Waals surface area contributed by atoms with Crippen LogP contribution in [0.3, 0.4) is 0 Å². The second-order valence-electron chi connectivity index (χ2n) is 4.84. The van der Waals surface area contributed by atoms with E-state index in [2.05, 4.69) is 25.9 Å². The molecule has 0 aliphatic heterocycles. The number of carbonyl (C=O) groups excluding carboxylic acids is 1. The summed E-state index contributed by atoms with van der Waals surface area (Å²) in [6.45, 7) is 1.55. The molecule has 0 radical (unpaired) electrons. The molecule has 0 aliphatic carbocycles. The number of H-pyrrole nitrogens is 1. The molecular formula is C16H14BrN3O. The van der Waals surface area contributed by atoms with Crippen LogP contribution in [-0.4, -0.2) is 22.9 Å². The Kier molecular flexibility index (Phi) is 3.51. The summed E-state index contributed by atoms with van der Waals surface area (Å²) in [7, 11) is 1.76. The summed E-state index contributed by atoms with van der Waals surface area (Å²) < 4.78 is 0.999. The third-order valence-corrected chi connectivity index (χ3v) is 3.93. The van der Waals surface area contributed by atoms with E-state index in [1.165, 1.54) is 0 Å². The number of fused-ring (bicyclic) bond motifs is 1. The number of benzene rings is 2. The van der Waals surface area contributed by atoms with Crippen molar-refractivity contribution >= 4 is 38.6 Å². The number of amides is 1. The van der Waals surface area contributed by atoms with Gasteiger partial charge in [0.2, 0.25) is 5.91 Å². The molecule has 0 spiro atoms. The standard InChI is InChI=1S/C16H14BrN3O/c1-10(21)20(2)15-6-4-3-5-12(15)16-18-13-8-7-11(17)9-14(13)19-16/h3-9H,1-2H3,(H,18,19). The predicted octanol–water partition coefficient (Wildman–Crippen LogP) is 3.98. The molecule has 0 fully saturated rings. The normalized spacial score (nSPS) is 10.8. The zero-order valence-corrected chi connectivity index (χ0v) is 13.3. The van der Waals surface area contributed by atoms with Gasteiger partial charge in [-0.1, -0.05) is 28.1 Å². The summed E-state index contributed by atoms with van der Waals surface area (Å²) >= 11 is 3.45. The molecule has 3 aromatic rings. The number of aromatic nitrogens is 2. The Balaban J connectivity index is 2.16. The van der Waals surface area contributed by atoms with Crippen molar-refractivity contribution in [2.24, 2.45) is 0 Å². The quantitative estimate of drug-likeness (QED) is 0.765. The second-order valence-corrected chi connectivity index (χ2v) is 5.76. The Morgan fingerprint density at radius 2 is 2.00 bits per heavy atom. The molecule has 1 heterocycles. The number of halogens is 1. The van der Waals surface area contributed by atoms with Crippen LogP contribution in [0.1, 0.15) is 6.92 Å². The Morgan fingerprint density at radius 1 is 1.24 bits per heavy atom. The van der Waals surface area contributed by atoms with Crippen LogP contribution in [0.15, 0.2) is 46.9 Å². The summed E-state index contributed by atoms with van der Waals surface area (Å²) in [5, 5.41) is 0. The Labute approximate surface area is 130 Å². The SMILES string of the molecule is CC(=O)N(C)c1ccccc1-c1nc2ccc(Br)cc2[nH]1. The van der Waals surface area contributed by atoms with Gasteiger partial charge in [0.15, 0.2) is 0 Å². The van der Waals surface area contributed by atoms with Gasteiger partial charge in [0.25, 0.3) is 0 Å². The van der Waals surface area contributed by atoms with E-state index in [1.54, 1.807) is 18.9 Å². The van der Waals surface area contributed by atoms with Gasteiger partial charge in [-0.25, -0.2) is 4.98 Å². The molecule has 0 unspecified atom stereocenters. The first kappa shape index (κ1) is 13.8. The van der Waals surface area contributed by atoms with Crippen LogP contribution in [0.25, 0.3) is 22.4 Å². The highest BCUT2D eigenvalue weighted by Crippen LogP contribution is 2.30. The molecule has 0 bridgehead atoms. The van der Waals surface area contributed by atoms with Crippen molar-refractivity contribution in [2.45, 2.75) is 6.92 Å². The minimum atomic E-state index is -0.0127. The van der Waals surface area contributed by atoms with Crippen molar-refractivity contribution < 1.29 is 4.79 Å². The van der Waals surface area contributed by atoms with Gasteiger partial charge >= 0.3 is 0 Å². The molecule has 1 aromatic heterocycles. The van der Waals surface area contributed by atoms with Gasteiger partial charge in [0.05, 0.1) is 16.7 Å². The first-order chi connectivity index (χ1) is 10.1. The molecule has 1 amide bonds. The molecule has 2 aromatic carbocycles. The number of hydrogen-bond acceptors (Lipinski definition) is 2. The molecule has 5 heteroatoms. The molecule has 106 valence electrons. The summed E-state index contributed by atoms with van der Waals surface area (Å²) in [4.78, 5) is 21.2. The molecule has 0 saturated carbocycles. The maximum Gasteiger partial charge on any atom is 0.223 e. The van der Waals surface area contributed by atoms with Crippen LogP contribution in [-0.2, 0) is 4.79 Å². The Morgan fingerprint density at radius 3 is 2.76 bits per heavy atom. The maximum absolute atomic E-state index is 11.6. The summed E-state index contributed by atoms with van der Waals surface area (Å²) in [6.07, 6.45) is 0. The minimum absolute atomic E-state index is 0.0127. The van der Waals surface area contributed by atoms with Crippen molar-refractivity contribution in [2.75, 3.05) is 11.9 Å². The van der Waals surface area contributed by atoms with E-state index >= 15 is 0 Å². The van der Waals surface area contributed by atoms with Crippen LogP contribution in [0.4, 0.5) is 5.69 Å². The van der Waals surface area contributed by atoms with Crippen LogP contribution >= 0.6 is 15.9 Å². The van der Waals surface area contributed by atoms with Crippen LogP contribution in [0, 0.1) is 0 Å². The molecule has 0 aliphatic rings. The number of imidazole rings is 1. The van der Waals surface area contributed by atoms with E-state index in [0.717, 1.165) is 32.6 Å². The molecule has 3 rings (SSSR count). The second kappa shape index (κ2) is 5.33. The predicted molar refractivity (Wildman–Crippen MR) is 88.3 cm³/mol. The van der Waals surface area contributed by atoms with Crippen LogP contribution in [0.2, 0.25) is 0 Å². The minimum Gasteiger partial charge on any atom is -0.338 e. The third kappa shape index (κ3) is 2.56. The monoisotopic (exact) mass is 343 g/mol. The fraction of sp³-hybridized carbons (Fsp3) is 0.125. The maximum atomic E-state index is 11.6. The van der Waals surface area contributed by atoms with E-state index in [4.69, 9.17) is 0 Å². The van der Waals surface area contributed by atoms with Gasteiger partial charge < -0.3 is 9.88 Å². The highest BCUT2D eigenvalue weighted by Gasteiger charge is 2.14. The zero-order chi connectivity index (χ0) is 15.0. The fourth-order valence-electron chi connectivity index (χ4n) is 2.25. The number of nitrogens with one attached hydrogen (secondary N) is 1. The van der Waals surface area contributed by atoms with Crippen molar-refractivity contribution in [1.82, 2.24) is 9.97 Å². The number of nitrogens with zero attached hydrogens (tertiary/aromatic N) is 2. The van der Waals surface area contributed by atoms with E-state index in [9.17, 15) is 4.79 Å². The highest BCUT2D eigenvalue weighted by molar-refractivity contribution is 9.10. The van der Waals surface area contributed by atoms with Gasteiger partial charge in [-0.3, -0.25) is 4.79 Å². The topological polar surface area (TPSA) is 49.0 Å². The lowest BCUT2D eigenvalue weighted by Gasteiger charge is -2.17. The van der Waals surface area contributed by atoms with Gasteiger partial charge in [0, 0.05) is 24.0 Å². The largest absolute Gasteiger partial charge is 0.338 e. The first-order valence-electron chi connectivity index (χ1n) is 6.55. The van der Waals surface area contributed by atoms with Gasteiger partial charge in [-0.15, -0.1) is 0 Å². The number of hydrogen-bond donors (Lipinski definition) is 1. The van der Waals surface area contributed by atoms with Crippen LogP contribution in [0.5, 0.6) is 0 Å².